The average molecular weight is 219 g/mol. The molecule has 1 fully saturated rings. The lowest BCUT2D eigenvalue weighted by Crippen LogP contribution is -2.35. The molecule has 0 aliphatic carbocycles. The molecule has 0 amide bonds. The molecule has 0 unspecified atom stereocenters. The molecule has 3 atom stereocenters. The smallest absolute Gasteiger partial charge is 0.0792 e. The summed E-state index contributed by atoms with van der Waals surface area (Å²) in [6.45, 7) is 4.46. The molecule has 0 aromatic heterocycles. The SMILES string of the molecule is C[C@@H]1CNCC[C@H]1C[C@@H](O)c1ccccc1. The molecule has 2 rings (SSSR count). The first-order chi connectivity index (χ1) is 7.77. The molecule has 0 bridgehead atoms. The highest BCUT2D eigenvalue weighted by Crippen LogP contribution is 2.29. The molecule has 88 valence electrons. The predicted octanol–water partition coefficient (Wildman–Crippen LogP) is 2.36. The summed E-state index contributed by atoms with van der Waals surface area (Å²) in [5.74, 6) is 1.32. The Labute approximate surface area is 97.7 Å². The molecule has 1 aliphatic heterocycles. The highest BCUT2D eigenvalue weighted by molar-refractivity contribution is 5.17. The van der Waals surface area contributed by atoms with Crippen LogP contribution in [0, 0.1) is 11.8 Å². The van der Waals surface area contributed by atoms with Crippen LogP contribution in [0.1, 0.15) is 31.4 Å². The Morgan fingerprint density at radius 1 is 1.38 bits per heavy atom. The lowest BCUT2D eigenvalue weighted by atomic mass is 9.82. The Balaban J connectivity index is 1.94. The van der Waals surface area contributed by atoms with Crippen molar-refractivity contribution in [3.63, 3.8) is 0 Å². The standard InChI is InChI=1S/C14H21NO/c1-11-10-15-8-7-13(11)9-14(16)12-5-3-2-4-6-12/h2-6,11,13-16H,7-10H2,1H3/t11-,13+,14-/m1/s1. The van der Waals surface area contributed by atoms with E-state index in [0.717, 1.165) is 25.1 Å². The van der Waals surface area contributed by atoms with Crippen molar-refractivity contribution in [2.45, 2.75) is 25.9 Å². The Morgan fingerprint density at radius 2 is 2.12 bits per heavy atom. The fourth-order valence-corrected chi connectivity index (χ4v) is 2.52. The topological polar surface area (TPSA) is 32.3 Å². The van der Waals surface area contributed by atoms with Crippen molar-refractivity contribution >= 4 is 0 Å². The van der Waals surface area contributed by atoms with Gasteiger partial charge in [-0.15, -0.1) is 0 Å². The van der Waals surface area contributed by atoms with Crippen LogP contribution in [0.25, 0.3) is 0 Å². The molecule has 1 aromatic carbocycles. The summed E-state index contributed by atoms with van der Waals surface area (Å²) in [6.07, 6.45) is 1.78. The summed E-state index contributed by atoms with van der Waals surface area (Å²) in [6, 6.07) is 9.99. The van der Waals surface area contributed by atoms with E-state index in [9.17, 15) is 5.11 Å². The first-order valence-electron chi connectivity index (χ1n) is 6.21. The van der Waals surface area contributed by atoms with Crippen LogP contribution in [-0.2, 0) is 0 Å². The van der Waals surface area contributed by atoms with Gasteiger partial charge in [-0.2, -0.15) is 0 Å². The molecule has 1 saturated heterocycles. The molecule has 2 heteroatoms. The van der Waals surface area contributed by atoms with Gasteiger partial charge in [0.05, 0.1) is 6.10 Å². The van der Waals surface area contributed by atoms with E-state index in [1.807, 2.05) is 30.3 Å². The number of aliphatic hydroxyl groups is 1. The first-order valence-corrected chi connectivity index (χ1v) is 6.21. The second-order valence-corrected chi connectivity index (χ2v) is 4.89. The van der Waals surface area contributed by atoms with Crippen molar-refractivity contribution < 1.29 is 5.11 Å². The van der Waals surface area contributed by atoms with Gasteiger partial charge in [0.1, 0.15) is 0 Å². The number of hydrogen-bond donors (Lipinski definition) is 2. The fourth-order valence-electron chi connectivity index (χ4n) is 2.52. The summed E-state index contributed by atoms with van der Waals surface area (Å²) in [5.41, 5.74) is 1.05. The van der Waals surface area contributed by atoms with Gasteiger partial charge in [-0.25, -0.2) is 0 Å². The number of aliphatic hydroxyl groups excluding tert-OH is 1. The second-order valence-electron chi connectivity index (χ2n) is 4.89. The number of nitrogens with one attached hydrogen (secondary N) is 1. The molecule has 1 aliphatic rings. The zero-order valence-corrected chi connectivity index (χ0v) is 9.89. The molecule has 0 spiro atoms. The largest absolute Gasteiger partial charge is 0.388 e. The maximum absolute atomic E-state index is 10.2. The van der Waals surface area contributed by atoms with Crippen LogP contribution in [-0.4, -0.2) is 18.2 Å². The van der Waals surface area contributed by atoms with Crippen molar-refractivity contribution in [2.75, 3.05) is 13.1 Å². The van der Waals surface area contributed by atoms with Crippen LogP contribution in [0.4, 0.5) is 0 Å². The number of piperidine rings is 1. The highest BCUT2D eigenvalue weighted by Gasteiger charge is 2.23. The maximum Gasteiger partial charge on any atom is 0.0792 e. The minimum Gasteiger partial charge on any atom is -0.388 e. The van der Waals surface area contributed by atoms with E-state index in [2.05, 4.69) is 12.2 Å². The summed E-state index contributed by atoms with van der Waals surface area (Å²) >= 11 is 0. The van der Waals surface area contributed by atoms with Gasteiger partial charge in [0, 0.05) is 0 Å². The van der Waals surface area contributed by atoms with Gasteiger partial charge < -0.3 is 10.4 Å². The van der Waals surface area contributed by atoms with Crippen molar-refractivity contribution in [1.82, 2.24) is 5.32 Å². The molecule has 1 heterocycles. The Kier molecular flexibility index (Phi) is 3.97. The van der Waals surface area contributed by atoms with Gasteiger partial charge in [0.15, 0.2) is 0 Å². The van der Waals surface area contributed by atoms with Crippen molar-refractivity contribution in [1.29, 1.82) is 0 Å². The van der Waals surface area contributed by atoms with Crippen LogP contribution in [0.3, 0.4) is 0 Å². The lowest BCUT2D eigenvalue weighted by Gasteiger charge is -2.31. The van der Waals surface area contributed by atoms with Gasteiger partial charge in [0.25, 0.3) is 0 Å². The number of rotatable bonds is 3. The van der Waals surface area contributed by atoms with Gasteiger partial charge >= 0.3 is 0 Å². The maximum atomic E-state index is 10.2. The third-order valence-electron chi connectivity index (χ3n) is 3.67. The molecule has 2 N–H and O–H groups in total. The van der Waals surface area contributed by atoms with Crippen LogP contribution < -0.4 is 5.32 Å². The van der Waals surface area contributed by atoms with E-state index in [1.165, 1.54) is 6.42 Å². The van der Waals surface area contributed by atoms with Crippen LogP contribution in [0.2, 0.25) is 0 Å². The lowest BCUT2D eigenvalue weighted by molar-refractivity contribution is 0.115. The summed E-state index contributed by atoms with van der Waals surface area (Å²) in [4.78, 5) is 0. The van der Waals surface area contributed by atoms with E-state index in [0.29, 0.717) is 11.8 Å². The molecule has 0 radical (unpaired) electrons. The zero-order chi connectivity index (χ0) is 11.4. The quantitative estimate of drug-likeness (QED) is 0.818. The van der Waals surface area contributed by atoms with Crippen molar-refractivity contribution in [2.24, 2.45) is 11.8 Å². The van der Waals surface area contributed by atoms with E-state index in [4.69, 9.17) is 0 Å². The number of hydrogen-bond acceptors (Lipinski definition) is 2. The molecule has 2 nitrogen and oxygen atoms in total. The predicted molar refractivity (Wildman–Crippen MR) is 66.2 cm³/mol. The Hall–Kier alpha value is -0.860. The molecule has 0 saturated carbocycles. The van der Waals surface area contributed by atoms with Gasteiger partial charge in [0.2, 0.25) is 0 Å². The average Bonchev–Trinajstić information content (AvgIpc) is 2.33. The summed E-state index contributed by atoms with van der Waals surface area (Å²) < 4.78 is 0. The molecular weight excluding hydrogens is 198 g/mol. The zero-order valence-electron chi connectivity index (χ0n) is 9.89. The molecule has 16 heavy (non-hydrogen) atoms. The van der Waals surface area contributed by atoms with Gasteiger partial charge in [-0.1, -0.05) is 37.3 Å². The fraction of sp³-hybridized carbons (Fsp3) is 0.571. The molecular formula is C14H21NO. The van der Waals surface area contributed by atoms with E-state index >= 15 is 0 Å². The minimum absolute atomic E-state index is 0.299. The third kappa shape index (κ3) is 2.83. The second kappa shape index (κ2) is 5.46. The van der Waals surface area contributed by atoms with E-state index in [1.54, 1.807) is 0 Å². The van der Waals surface area contributed by atoms with E-state index in [-0.39, 0.29) is 6.10 Å². The van der Waals surface area contributed by atoms with Crippen LogP contribution in [0.5, 0.6) is 0 Å². The highest BCUT2D eigenvalue weighted by atomic mass is 16.3. The third-order valence-corrected chi connectivity index (χ3v) is 3.67. The van der Waals surface area contributed by atoms with Crippen LogP contribution >= 0.6 is 0 Å². The van der Waals surface area contributed by atoms with Crippen molar-refractivity contribution in [3.05, 3.63) is 35.9 Å². The summed E-state index contributed by atoms with van der Waals surface area (Å²) in [7, 11) is 0. The Bertz CT molecular complexity index is 312. The number of benzene rings is 1. The monoisotopic (exact) mass is 219 g/mol. The van der Waals surface area contributed by atoms with Gasteiger partial charge in [-0.05, 0) is 43.3 Å². The normalized spacial score (nSPS) is 27.6. The van der Waals surface area contributed by atoms with E-state index < -0.39 is 0 Å². The van der Waals surface area contributed by atoms with Gasteiger partial charge in [-0.3, -0.25) is 0 Å². The Morgan fingerprint density at radius 3 is 2.81 bits per heavy atom. The summed E-state index contributed by atoms with van der Waals surface area (Å²) in [5, 5.41) is 13.6. The van der Waals surface area contributed by atoms with Crippen LogP contribution in [0.15, 0.2) is 30.3 Å². The molecule has 1 aromatic rings. The minimum atomic E-state index is -0.299. The first kappa shape index (κ1) is 11.6. The van der Waals surface area contributed by atoms with Crippen molar-refractivity contribution in [3.8, 4) is 0 Å².